The summed E-state index contributed by atoms with van der Waals surface area (Å²) in [4.78, 5) is 21.4. The van der Waals surface area contributed by atoms with Gasteiger partial charge >= 0.3 is 11.8 Å². The smallest absolute Gasteiger partial charge is 0.310 e. The first kappa shape index (κ1) is 10.1. The number of carbonyl (C=O) groups is 2. The fourth-order valence-electron chi connectivity index (χ4n) is 0.423. The van der Waals surface area contributed by atoms with E-state index in [9.17, 15) is 9.59 Å². The molecule has 0 aromatic rings. The fraction of sp³-hybridized carbons (Fsp3) is 0.250. The Bertz CT molecular complexity index is 229. The Kier molecular flexibility index (Phi) is 4.88. The highest BCUT2D eigenvalue weighted by atomic mass is 16.2. The monoisotopic (exact) mass is 164 g/mol. The largest absolute Gasteiger partial charge is 0.337 e. The van der Waals surface area contributed by atoms with E-state index >= 15 is 0 Å². The second kappa shape index (κ2) is 5.82. The molecule has 62 valence electrons. The van der Waals surface area contributed by atoms with Crippen LogP contribution in [0.4, 0.5) is 0 Å². The van der Waals surface area contributed by atoms with Gasteiger partial charge in [0.1, 0.15) is 0 Å². The van der Waals surface area contributed by atoms with E-state index in [1.165, 1.54) is 0 Å². The zero-order chi connectivity index (χ0) is 9.40. The maximum Gasteiger partial charge on any atom is 0.310 e. The Morgan fingerprint density at radius 2 is 1.33 bits per heavy atom. The van der Waals surface area contributed by atoms with Gasteiger partial charge in [-0.05, 0) is 0 Å². The Morgan fingerprint density at radius 3 is 1.58 bits per heavy atom. The molecule has 12 heavy (non-hydrogen) atoms. The Balaban J connectivity index is 3.73. The zero-order valence-corrected chi connectivity index (χ0v) is 6.39. The first-order valence-corrected chi connectivity index (χ1v) is 3.15. The molecule has 0 radical (unpaired) electrons. The summed E-state index contributed by atoms with van der Waals surface area (Å²) in [5.74, 6) is 2.76. The molecule has 4 heteroatoms. The summed E-state index contributed by atoms with van der Waals surface area (Å²) in [6, 6.07) is 0. The SMILES string of the molecule is C#CCNC(=O)C(=O)NCC#C. The van der Waals surface area contributed by atoms with Gasteiger partial charge in [-0.1, -0.05) is 11.8 Å². The lowest BCUT2D eigenvalue weighted by molar-refractivity contribution is -0.138. The van der Waals surface area contributed by atoms with E-state index < -0.39 is 11.8 Å². The molecule has 2 N–H and O–H groups in total. The maximum atomic E-state index is 10.7. The van der Waals surface area contributed by atoms with Crippen molar-refractivity contribution in [3.63, 3.8) is 0 Å². The van der Waals surface area contributed by atoms with Crippen LogP contribution in [0.1, 0.15) is 0 Å². The van der Waals surface area contributed by atoms with Gasteiger partial charge in [-0.3, -0.25) is 9.59 Å². The van der Waals surface area contributed by atoms with Gasteiger partial charge in [0.05, 0.1) is 13.1 Å². The number of rotatable bonds is 2. The van der Waals surface area contributed by atoms with Gasteiger partial charge < -0.3 is 10.6 Å². The van der Waals surface area contributed by atoms with Crippen LogP contribution in [0.5, 0.6) is 0 Å². The van der Waals surface area contributed by atoms with Gasteiger partial charge in [-0.2, -0.15) is 0 Å². The lowest BCUT2D eigenvalue weighted by Gasteiger charge is -1.99. The molecule has 0 heterocycles. The number of hydrogen-bond donors (Lipinski definition) is 2. The minimum Gasteiger partial charge on any atom is -0.337 e. The lowest BCUT2D eigenvalue weighted by atomic mass is 10.5. The molecule has 0 spiro atoms. The third-order valence-corrected chi connectivity index (χ3v) is 0.908. The number of terminal acetylenes is 2. The van der Waals surface area contributed by atoms with Crippen LogP contribution >= 0.6 is 0 Å². The summed E-state index contributed by atoms with van der Waals surface area (Å²) in [5.41, 5.74) is 0. The molecule has 0 unspecified atom stereocenters. The van der Waals surface area contributed by atoms with Gasteiger partial charge in [0.2, 0.25) is 0 Å². The predicted octanol–water partition coefficient (Wildman–Crippen LogP) is -1.51. The van der Waals surface area contributed by atoms with E-state index in [1.54, 1.807) is 0 Å². The van der Waals surface area contributed by atoms with Crippen molar-refractivity contribution in [2.75, 3.05) is 13.1 Å². The highest BCUT2D eigenvalue weighted by Crippen LogP contribution is 1.66. The molecule has 0 bridgehead atoms. The second-order valence-corrected chi connectivity index (χ2v) is 1.77. The quantitative estimate of drug-likeness (QED) is 0.385. The van der Waals surface area contributed by atoms with Crippen LogP contribution in [-0.4, -0.2) is 24.9 Å². The summed E-state index contributed by atoms with van der Waals surface area (Å²) in [7, 11) is 0. The molecule has 0 fully saturated rings. The zero-order valence-electron chi connectivity index (χ0n) is 6.39. The molecule has 2 amide bonds. The number of hydrogen-bond acceptors (Lipinski definition) is 2. The summed E-state index contributed by atoms with van der Waals surface area (Å²) in [5, 5.41) is 4.37. The molecule has 0 aromatic carbocycles. The molecular formula is C8H8N2O2. The van der Waals surface area contributed by atoms with Crippen LogP contribution in [0.3, 0.4) is 0 Å². The average molecular weight is 164 g/mol. The molecule has 0 atom stereocenters. The van der Waals surface area contributed by atoms with Crippen LogP contribution in [0, 0.1) is 24.7 Å². The highest BCUT2D eigenvalue weighted by molar-refractivity contribution is 6.35. The molecule has 0 aliphatic carbocycles. The average Bonchev–Trinajstić information content (AvgIpc) is 2.10. The van der Waals surface area contributed by atoms with E-state index in [1.807, 2.05) is 0 Å². The number of nitrogens with one attached hydrogen (secondary N) is 2. The topological polar surface area (TPSA) is 58.2 Å². The molecule has 0 aliphatic rings. The number of amides is 2. The van der Waals surface area contributed by atoms with E-state index in [4.69, 9.17) is 12.8 Å². The van der Waals surface area contributed by atoms with Crippen LogP contribution < -0.4 is 10.6 Å². The Labute approximate surface area is 70.7 Å². The van der Waals surface area contributed by atoms with Crippen molar-refractivity contribution >= 4 is 11.8 Å². The number of carbonyl (C=O) groups excluding carboxylic acids is 2. The first-order chi connectivity index (χ1) is 5.72. The molecule has 0 aromatic heterocycles. The van der Waals surface area contributed by atoms with Crippen molar-refractivity contribution in [2.45, 2.75) is 0 Å². The van der Waals surface area contributed by atoms with Crippen molar-refractivity contribution in [2.24, 2.45) is 0 Å². The van der Waals surface area contributed by atoms with Crippen molar-refractivity contribution < 1.29 is 9.59 Å². The van der Waals surface area contributed by atoms with E-state index in [2.05, 4.69) is 22.5 Å². The fourth-order valence-corrected chi connectivity index (χ4v) is 0.423. The van der Waals surface area contributed by atoms with Crippen molar-refractivity contribution in [1.82, 2.24) is 10.6 Å². The van der Waals surface area contributed by atoms with Crippen molar-refractivity contribution in [1.29, 1.82) is 0 Å². The van der Waals surface area contributed by atoms with Gasteiger partial charge in [0.25, 0.3) is 0 Å². The standard InChI is InChI=1S/C8H8N2O2/c1-3-5-9-7(11)8(12)10-6-4-2/h1-2H,5-6H2,(H,9,11)(H,10,12). The van der Waals surface area contributed by atoms with Crippen LogP contribution in [0.25, 0.3) is 0 Å². The predicted molar refractivity (Wildman–Crippen MR) is 43.7 cm³/mol. The molecule has 0 saturated carbocycles. The van der Waals surface area contributed by atoms with E-state index in [-0.39, 0.29) is 13.1 Å². The minimum atomic E-state index is -0.775. The molecule has 0 rings (SSSR count). The van der Waals surface area contributed by atoms with Crippen molar-refractivity contribution in [3.8, 4) is 24.7 Å². The summed E-state index contributed by atoms with van der Waals surface area (Å²) < 4.78 is 0. The normalized spacial score (nSPS) is 7.50. The van der Waals surface area contributed by atoms with Gasteiger partial charge in [-0.15, -0.1) is 12.8 Å². The first-order valence-electron chi connectivity index (χ1n) is 3.15. The van der Waals surface area contributed by atoms with Crippen LogP contribution in [-0.2, 0) is 9.59 Å². The summed E-state index contributed by atoms with van der Waals surface area (Å²) in [6.45, 7) is 0.0601. The summed E-state index contributed by atoms with van der Waals surface area (Å²) >= 11 is 0. The third kappa shape index (κ3) is 3.97. The molecule has 4 nitrogen and oxygen atoms in total. The highest BCUT2D eigenvalue weighted by Gasteiger charge is 2.09. The minimum absolute atomic E-state index is 0.0301. The van der Waals surface area contributed by atoms with E-state index in [0.29, 0.717) is 0 Å². The molecule has 0 aliphatic heterocycles. The maximum absolute atomic E-state index is 10.7. The van der Waals surface area contributed by atoms with Gasteiger partial charge in [0, 0.05) is 0 Å². The molecular weight excluding hydrogens is 156 g/mol. The summed E-state index contributed by atoms with van der Waals surface area (Å²) in [6.07, 6.45) is 9.70. The lowest BCUT2D eigenvalue weighted by Crippen LogP contribution is -2.40. The molecule has 0 saturated heterocycles. The van der Waals surface area contributed by atoms with Crippen LogP contribution in [0.2, 0.25) is 0 Å². The van der Waals surface area contributed by atoms with E-state index in [0.717, 1.165) is 0 Å². The van der Waals surface area contributed by atoms with Crippen molar-refractivity contribution in [3.05, 3.63) is 0 Å². The van der Waals surface area contributed by atoms with Crippen LogP contribution in [0.15, 0.2) is 0 Å². The third-order valence-electron chi connectivity index (χ3n) is 0.908. The second-order valence-electron chi connectivity index (χ2n) is 1.77. The Hall–Kier alpha value is -1.94. The Morgan fingerprint density at radius 1 is 1.00 bits per heavy atom. The van der Waals surface area contributed by atoms with Gasteiger partial charge in [-0.25, -0.2) is 0 Å². The van der Waals surface area contributed by atoms with Gasteiger partial charge in [0.15, 0.2) is 0 Å².